The molecule has 3 N–H and O–H groups in total. The highest BCUT2D eigenvalue weighted by Crippen LogP contribution is 2.46. The largest absolute Gasteiger partial charge is 0.492 e. The first kappa shape index (κ1) is 43.3. The van der Waals surface area contributed by atoms with Gasteiger partial charge < -0.3 is 29.7 Å². The summed E-state index contributed by atoms with van der Waals surface area (Å²) in [6, 6.07) is 2.28. The summed E-state index contributed by atoms with van der Waals surface area (Å²) < 4.78 is 86.0. The fourth-order valence-corrected chi connectivity index (χ4v) is 9.30. The topological polar surface area (TPSA) is 182 Å². The van der Waals surface area contributed by atoms with Gasteiger partial charge in [0.05, 0.1) is 29.6 Å². The van der Waals surface area contributed by atoms with E-state index < -0.39 is 86.4 Å². The zero-order chi connectivity index (χ0) is 42.4. The quantitative estimate of drug-likeness (QED) is 0.270. The first-order valence-corrected chi connectivity index (χ1v) is 21.4. The highest BCUT2D eigenvalue weighted by atomic mass is 35.5. The summed E-state index contributed by atoms with van der Waals surface area (Å²) in [5.41, 5.74) is -4.53. The number of nitrogens with one attached hydrogen (secondary N) is 3. The number of rotatable bonds is 9. The number of hydrogen-bond donors (Lipinski definition) is 3. The van der Waals surface area contributed by atoms with Gasteiger partial charge in [0.1, 0.15) is 29.5 Å². The molecule has 2 aliphatic carbocycles. The number of allylic oxidation sites excluding steroid dienone is 1. The molecule has 0 bridgehead atoms. The van der Waals surface area contributed by atoms with Gasteiger partial charge in [0.25, 0.3) is 5.91 Å². The minimum atomic E-state index is -4.92. The highest BCUT2D eigenvalue weighted by molar-refractivity contribution is 7.91. The molecule has 3 fully saturated rings. The summed E-state index contributed by atoms with van der Waals surface area (Å²) in [5, 5.41) is 5.81. The van der Waals surface area contributed by atoms with Crippen molar-refractivity contribution in [1.29, 1.82) is 0 Å². The molecule has 0 radical (unpaired) electrons. The van der Waals surface area contributed by atoms with Crippen molar-refractivity contribution in [3.8, 4) is 11.6 Å². The number of ether oxygens (including phenoxy) is 3. The number of sulfonamides is 1. The van der Waals surface area contributed by atoms with Crippen LogP contribution in [0, 0.1) is 17.8 Å². The summed E-state index contributed by atoms with van der Waals surface area (Å²) in [6.07, 6.45) is 0.0306. The first-order valence-electron chi connectivity index (χ1n) is 19.5. The molecule has 4 amide bonds. The molecular weight excluding hydrogens is 807 g/mol. The molecule has 318 valence electrons. The number of amides is 4. The van der Waals surface area contributed by atoms with Crippen LogP contribution in [-0.4, -0.2) is 96.0 Å². The maximum atomic E-state index is 14.7. The van der Waals surface area contributed by atoms with Crippen molar-refractivity contribution < 1.29 is 55.0 Å². The van der Waals surface area contributed by atoms with Gasteiger partial charge in [-0.15, -0.1) is 0 Å². The predicted octanol–water partition coefficient (Wildman–Crippen LogP) is 5.57. The van der Waals surface area contributed by atoms with Gasteiger partial charge in [-0.1, -0.05) is 43.7 Å². The van der Waals surface area contributed by atoms with E-state index in [0.29, 0.717) is 74.1 Å². The van der Waals surface area contributed by atoms with Crippen LogP contribution < -0.4 is 24.8 Å². The van der Waals surface area contributed by atoms with Crippen molar-refractivity contribution >= 4 is 56.2 Å². The van der Waals surface area contributed by atoms with Gasteiger partial charge in [-0.3, -0.25) is 19.1 Å². The lowest BCUT2D eigenvalue weighted by atomic mass is 9.88. The van der Waals surface area contributed by atoms with Crippen molar-refractivity contribution in [2.75, 3.05) is 13.2 Å². The molecule has 1 saturated heterocycles. The van der Waals surface area contributed by atoms with Crippen LogP contribution in [0.3, 0.4) is 0 Å². The van der Waals surface area contributed by atoms with E-state index >= 15 is 0 Å². The van der Waals surface area contributed by atoms with Crippen molar-refractivity contribution in [1.82, 2.24) is 25.2 Å². The summed E-state index contributed by atoms with van der Waals surface area (Å²) in [4.78, 5) is 61.8. The van der Waals surface area contributed by atoms with Crippen molar-refractivity contribution in [3.63, 3.8) is 0 Å². The second kappa shape index (κ2) is 16.4. The average molecular weight is 856 g/mol. The lowest BCUT2D eigenvalue weighted by Gasteiger charge is -2.34. The number of halogens is 4. The fraction of sp³-hybridized carbons (Fsp3) is 0.615. The lowest BCUT2D eigenvalue weighted by Crippen LogP contribution is -2.59. The third-order valence-corrected chi connectivity index (χ3v) is 13.4. The normalized spacial score (nSPS) is 28.9. The zero-order valence-electron chi connectivity index (χ0n) is 32.9. The van der Waals surface area contributed by atoms with E-state index in [4.69, 9.17) is 25.8 Å². The van der Waals surface area contributed by atoms with Gasteiger partial charge in [0.15, 0.2) is 0 Å². The first-order chi connectivity index (χ1) is 27.2. The Balaban J connectivity index is 1.36. The Bertz CT molecular complexity index is 2080. The summed E-state index contributed by atoms with van der Waals surface area (Å²) in [5.74, 6) is -3.21. The Morgan fingerprint density at radius 1 is 1.12 bits per heavy atom. The second-order valence-electron chi connectivity index (χ2n) is 16.3. The molecule has 6 rings (SSSR count). The van der Waals surface area contributed by atoms with E-state index in [-0.39, 0.29) is 31.2 Å². The molecule has 1 aromatic carbocycles. The Labute approximate surface area is 340 Å². The molecule has 19 heteroatoms. The number of nitrogens with zero attached hydrogens (tertiary/aromatic N) is 2. The van der Waals surface area contributed by atoms with Crippen LogP contribution in [0.25, 0.3) is 10.8 Å². The van der Waals surface area contributed by atoms with Gasteiger partial charge in [-0.05, 0) is 83.3 Å². The minimum absolute atomic E-state index is 0.0449. The van der Waals surface area contributed by atoms with Crippen LogP contribution in [0.15, 0.2) is 36.5 Å². The number of pyridine rings is 1. The number of benzene rings is 1. The maximum absolute atomic E-state index is 14.7. The Morgan fingerprint density at radius 2 is 1.84 bits per heavy atom. The van der Waals surface area contributed by atoms with E-state index in [2.05, 4.69) is 20.3 Å². The smallest absolute Gasteiger partial charge is 0.427 e. The molecule has 2 aliphatic heterocycles. The third-order valence-electron chi connectivity index (χ3n) is 11.3. The van der Waals surface area contributed by atoms with E-state index in [0.717, 1.165) is 0 Å². The maximum Gasteiger partial charge on any atom is 0.427 e. The molecule has 2 aromatic rings. The van der Waals surface area contributed by atoms with Crippen molar-refractivity contribution in [2.24, 2.45) is 17.8 Å². The number of alkyl carbamates (subject to hydrolysis) is 1. The van der Waals surface area contributed by atoms with Crippen LogP contribution >= 0.6 is 11.6 Å². The molecule has 0 unspecified atom stereocenters. The number of hydrogen-bond acceptors (Lipinski definition) is 10. The van der Waals surface area contributed by atoms with Crippen molar-refractivity contribution in [3.05, 3.63) is 41.6 Å². The third kappa shape index (κ3) is 9.11. The number of aromatic nitrogens is 1. The highest BCUT2D eigenvalue weighted by Gasteiger charge is 2.62. The van der Waals surface area contributed by atoms with Crippen LogP contribution in [0.1, 0.15) is 79.6 Å². The molecule has 7 atom stereocenters. The van der Waals surface area contributed by atoms with E-state index in [1.165, 1.54) is 11.1 Å². The number of carbonyl (C=O) groups excluding carboxylic acids is 4. The molecule has 58 heavy (non-hydrogen) atoms. The molecule has 0 spiro atoms. The Hall–Kier alpha value is -4.32. The van der Waals surface area contributed by atoms with Gasteiger partial charge in [0.2, 0.25) is 33.3 Å². The number of carbonyl (C=O) groups is 4. The lowest BCUT2D eigenvalue weighted by molar-refractivity contribution is -0.244. The van der Waals surface area contributed by atoms with Gasteiger partial charge in [-0.2, -0.15) is 13.2 Å². The van der Waals surface area contributed by atoms with Crippen LogP contribution in [0.4, 0.5) is 18.0 Å². The molecule has 2 saturated carbocycles. The van der Waals surface area contributed by atoms with Crippen molar-refractivity contribution in [2.45, 2.75) is 120 Å². The summed E-state index contributed by atoms with van der Waals surface area (Å²) >= 11 is 6.56. The number of alkyl halides is 3. The molecular formula is C39H49ClF3N5O9S. The second-order valence-corrected chi connectivity index (χ2v) is 18.7. The Morgan fingerprint density at radius 3 is 2.52 bits per heavy atom. The van der Waals surface area contributed by atoms with Gasteiger partial charge in [-0.25, -0.2) is 18.2 Å². The standard InChI is InChI=1S/C39H49ClF3N5O9S/c1-6-55-29-19-44-33(26-12-9-13-27(40)30(26)29)56-24-17-28-32(49)46-38(35(51)47-58(53,54)25-14-15-25)18-23(38)11-8-7-10-21(2)16-22(3)31(34(50)48(28)20-24)45-36(52)57-37(4,5)39(41,42)43/h8-9,11-13,19,21-25,28,31H,6-7,10,14-18,20H2,1-5H3,(H,45,52)(H,46,49)(H,47,51)/b11-8-/t21-,22-,23-,24-,28+,31+,38-/m1/s1. The number of fused-ring (bicyclic) bond motifs is 3. The SMILES string of the molecule is CCOc1cnc(O[C@@H]2C[C@H]3C(=O)N[C@]4(C(=O)NS(=O)(=O)C5CC5)C[C@H]4/C=C\CC[C@@H](C)C[C@@H](C)[C@H](NC(=O)OC(C)(C)C(F)(F)F)C(=O)N3C2)c2cccc(Cl)c12. The molecule has 4 aliphatic rings. The zero-order valence-corrected chi connectivity index (χ0v) is 34.4. The molecule has 1 aromatic heterocycles. The van der Waals surface area contributed by atoms with E-state index in [1.807, 2.05) is 13.0 Å². The van der Waals surface area contributed by atoms with Gasteiger partial charge in [0, 0.05) is 23.1 Å². The average Bonchev–Trinajstić information content (AvgIpc) is 4.06. The van der Waals surface area contributed by atoms with E-state index in [9.17, 15) is 40.8 Å². The monoisotopic (exact) mass is 855 g/mol. The van der Waals surface area contributed by atoms with Crippen LogP contribution in [-0.2, 0) is 29.1 Å². The predicted molar refractivity (Wildman–Crippen MR) is 206 cm³/mol. The van der Waals surface area contributed by atoms with Gasteiger partial charge >= 0.3 is 12.3 Å². The van der Waals surface area contributed by atoms with Crippen LogP contribution in [0.2, 0.25) is 5.02 Å². The minimum Gasteiger partial charge on any atom is -0.492 e. The fourth-order valence-electron chi connectivity index (χ4n) is 7.66. The molecule has 14 nitrogen and oxygen atoms in total. The van der Waals surface area contributed by atoms with Crippen LogP contribution in [0.5, 0.6) is 11.6 Å². The summed E-state index contributed by atoms with van der Waals surface area (Å²) in [7, 11) is -3.99. The summed E-state index contributed by atoms with van der Waals surface area (Å²) in [6.45, 7) is 6.87. The Kier molecular flexibility index (Phi) is 12.2. The molecule has 3 heterocycles. The van der Waals surface area contributed by atoms with E-state index in [1.54, 1.807) is 38.1 Å².